The second-order valence-corrected chi connectivity index (χ2v) is 6.30. The third-order valence-corrected chi connectivity index (χ3v) is 4.20. The fourth-order valence-electron chi connectivity index (χ4n) is 2.80. The third-order valence-electron chi connectivity index (χ3n) is 4.20. The molecule has 0 nitrogen and oxygen atoms in total. The molecule has 0 heteroatoms. The average molecular weight is 280 g/mol. The molecule has 0 N–H and O–H groups in total. The summed E-state index contributed by atoms with van der Waals surface area (Å²) >= 11 is 0. The molecule has 0 rings (SSSR count). The lowest BCUT2D eigenvalue weighted by Gasteiger charge is -2.03. The van der Waals surface area contributed by atoms with E-state index in [0.29, 0.717) is 0 Å². The highest BCUT2D eigenvalue weighted by molar-refractivity contribution is 4.50. The molecule has 0 spiro atoms. The maximum absolute atomic E-state index is 5.49. The van der Waals surface area contributed by atoms with Crippen LogP contribution in [-0.4, -0.2) is 0 Å². The molecule has 0 heterocycles. The minimum absolute atomic E-state index is 0.871. The Hall–Kier alpha value is 0. The second-order valence-electron chi connectivity index (χ2n) is 6.30. The third kappa shape index (κ3) is 18.0. The molecule has 0 fully saturated rings. The smallest absolute Gasteiger partial charge is 0.0352 e. The molecule has 3 radical (unpaired) electrons. The van der Waals surface area contributed by atoms with Crippen LogP contribution in [0.15, 0.2) is 0 Å². The van der Waals surface area contributed by atoms with Gasteiger partial charge in [0.05, 0.1) is 0 Å². The SMILES string of the molecule is [CH]CCCCCCCCCCCCCCCCCC[CH2]. The number of hydrogen-bond acceptors (Lipinski definition) is 0. The summed E-state index contributed by atoms with van der Waals surface area (Å²) in [5.74, 6) is 0. The topological polar surface area (TPSA) is 0 Å². The van der Waals surface area contributed by atoms with Crippen LogP contribution < -0.4 is 0 Å². The molecule has 20 heavy (non-hydrogen) atoms. The van der Waals surface area contributed by atoms with Crippen molar-refractivity contribution in [1.29, 1.82) is 0 Å². The summed E-state index contributed by atoms with van der Waals surface area (Å²) in [5.41, 5.74) is 0. The molecule has 0 unspecified atom stereocenters. The van der Waals surface area contributed by atoms with Crippen molar-refractivity contribution in [3.63, 3.8) is 0 Å². The highest BCUT2D eigenvalue weighted by Gasteiger charge is 1.94. The zero-order valence-corrected chi connectivity index (χ0v) is 14.0. The molecular formula is C20H39. The van der Waals surface area contributed by atoms with E-state index in [2.05, 4.69) is 6.92 Å². The molecule has 0 atom stereocenters. The lowest BCUT2D eigenvalue weighted by Crippen LogP contribution is -1.83. The van der Waals surface area contributed by atoms with E-state index >= 15 is 0 Å². The van der Waals surface area contributed by atoms with Gasteiger partial charge in [-0.2, -0.15) is 0 Å². The van der Waals surface area contributed by atoms with Crippen LogP contribution in [0.5, 0.6) is 0 Å². The van der Waals surface area contributed by atoms with Crippen molar-refractivity contribution in [1.82, 2.24) is 0 Å². The van der Waals surface area contributed by atoms with Crippen molar-refractivity contribution >= 4 is 0 Å². The summed E-state index contributed by atoms with van der Waals surface area (Å²) < 4.78 is 0. The van der Waals surface area contributed by atoms with Crippen molar-refractivity contribution in [2.75, 3.05) is 0 Å². The monoisotopic (exact) mass is 279 g/mol. The van der Waals surface area contributed by atoms with Gasteiger partial charge in [-0.1, -0.05) is 116 Å². The molecule has 0 saturated heterocycles. The molecule has 0 aromatic carbocycles. The van der Waals surface area contributed by atoms with Gasteiger partial charge in [0.15, 0.2) is 0 Å². The molecule has 0 aromatic rings. The molecule has 0 amide bonds. The minimum atomic E-state index is 0.871. The highest BCUT2D eigenvalue weighted by Crippen LogP contribution is 2.14. The number of hydrogen-bond donors (Lipinski definition) is 0. The van der Waals surface area contributed by atoms with Gasteiger partial charge in [-0.25, -0.2) is 0 Å². The maximum atomic E-state index is 5.49. The van der Waals surface area contributed by atoms with Gasteiger partial charge >= 0.3 is 0 Å². The first-order chi connectivity index (χ1) is 9.91. The van der Waals surface area contributed by atoms with E-state index in [1.165, 1.54) is 103 Å². The standard InChI is InChI=1S/C20H39/c1-3-5-7-9-11-13-15-17-19-20-18-16-14-12-10-8-6-4-2/h1H,2-20H2. The Morgan fingerprint density at radius 1 is 0.400 bits per heavy atom. The zero-order chi connectivity index (χ0) is 14.7. The van der Waals surface area contributed by atoms with E-state index in [1.54, 1.807) is 0 Å². The van der Waals surface area contributed by atoms with Crippen LogP contribution in [0.2, 0.25) is 0 Å². The first-order valence-electron chi connectivity index (χ1n) is 9.41. The van der Waals surface area contributed by atoms with Gasteiger partial charge in [0.1, 0.15) is 0 Å². The van der Waals surface area contributed by atoms with E-state index in [0.717, 1.165) is 12.8 Å². The van der Waals surface area contributed by atoms with Crippen LogP contribution in [0.4, 0.5) is 0 Å². The predicted molar refractivity (Wildman–Crippen MR) is 92.8 cm³/mol. The van der Waals surface area contributed by atoms with Gasteiger partial charge in [0.2, 0.25) is 0 Å². The van der Waals surface area contributed by atoms with Gasteiger partial charge in [0.25, 0.3) is 0 Å². The van der Waals surface area contributed by atoms with Crippen molar-refractivity contribution in [3.8, 4) is 0 Å². The molecule has 0 bridgehead atoms. The number of rotatable bonds is 17. The van der Waals surface area contributed by atoms with E-state index < -0.39 is 0 Å². The quantitative estimate of drug-likeness (QED) is 0.241. The van der Waals surface area contributed by atoms with Crippen molar-refractivity contribution in [3.05, 3.63) is 13.8 Å². The van der Waals surface area contributed by atoms with Crippen LogP contribution >= 0.6 is 0 Å². The van der Waals surface area contributed by atoms with Crippen LogP contribution in [0, 0.1) is 13.8 Å². The zero-order valence-electron chi connectivity index (χ0n) is 14.0. The van der Waals surface area contributed by atoms with E-state index in [1.807, 2.05) is 0 Å². The summed E-state index contributed by atoms with van der Waals surface area (Å²) in [4.78, 5) is 0. The molecule has 0 aromatic heterocycles. The Balaban J connectivity index is 2.89. The highest BCUT2D eigenvalue weighted by atomic mass is 14.0. The van der Waals surface area contributed by atoms with Crippen molar-refractivity contribution in [2.45, 2.75) is 116 Å². The van der Waals surface area contributed by atoms with Gasteiger partial charge in [-0.05, 0) is 13.3 Å². The summed E-state index contributed by atoms with van der Waals surface area (Å²) in [6.45, 7) is 9.37. The minimum Gasteiger partial charge on any atom is -0.0533 e. The van der Waals surface area contributed by atoms with Crippen LogP contribution in [0.25, 0.3) is 0 Å². The largest absolute Gasteiger partial charge is 0.0533 e. The molecule has 0 saturated carbocycles. The summed E-state index contributed by atoms with van der Waals surface area (Å²) in [5, 5.41) is 0. The first kappa shape index (κ1) is 20.0. The van der Waals surface area contributed by atoms with Gasteiger partial charge < -0.3 is 0 Å². The Morgan fingerprint density at radius 2 is 0.650 bits per heavy atom. The Morgan fingerprint density at radius 3 is 0.900 bits per heavy atom. The normalized spacial score (nSPS) is 11.1. The molecular weight excluding hydrogens is 240 g/mol. The molecule has 119 valence electrons. The molecule has 0 aliphatic carbocycles. The lowest BCUT2D eigenvalue weighted by molar-refractivity contribution is 0.528. The lowest BCUT2D eigenvalue weighted by atomic mass is 10.0. The van der Waals surface area contributed by atoms with Gasteiger partial charge in [-0.3, -0.25) is 0 Å². The first-order valence-corrected chi connectivity index (χ1v) is 9.41. The van der Waals surface area contributed by atoms with E-state index in [4.69, 9.17) is 6.92 Å². The van der Waals surface area contributed by atoms with E-state index in [9.17, 15) is 0 Å². The molecule has 0 aliphatic heterocycles. The van der Waals surface area contributed by atoms with Crippen molar-refractivity contribution < 1.29 is 0 Å². The van der Waals surface area contributed by atoms with Crippen LogP contribution in [0.3, 0.4) is 0 Å². The summed E-state index contributed by atoms with van der Waals surface area (Å²) in [6.07, 6.45) is 24.6. The Kier molecular flexibility index (Phi) is 19.0. The van der Waals surface area contributed by atoms with Crippen LogP contribution in [0.1, 0.15) is 116 Å². The fourth-order valence-corrected chi connectivity index (χ4v) is 2.80. The Labute approximate surface area is 130 Å². The number of unbranched alkanes of at least 4 members (excludes halogenated alkanes) is 17. The second kappa shape index (κ2) is 19.0. The summed E-state index contributed by atoms with van der Waals surface area (Å²) in [6, 6.07) is 0. The predicted octanol–water partition coefficient (Wildman–Crippen LogP) is 7.55. The van der Waals surface area contributed by atoms with Crippen LogP contribution in [-0.2, 0) is 0 Å². The molecule has 0 aliphatic rings. The Bertz CT molecular complexity index is 132. The van der Waals surface area contributed by atoms with Crippen molar-refractivity contribution in [2.24, 2.45) is 0 Å². The maximum Gasteiger partial charge on any atom is -0.0352 e. The fraction of sp³-hybridized carbons (Fsp3) is 0.900. The van der Waals surface area contributed by atoms with Gasteiger partial charge in [0, 0.05) is 0 Å². The van der Waals surface area contributed by atoms with Gasteiger partial charge in [-0.15, -0.1) is 0 Å². The summed E-state index contributed by atoms with van der Waals surface area (Å²) in [7, 11) is 0. The van der Waals surface area contributed by atoms with E-state index in [-0.39, 0.29) is 0 Å². The average Bonchev–Trinajstić information content (AvgIpc) is 2.47.